The van der Waals surface area contributed by atoms with E-state index in [1.165, 1.54) is 35.9 Å². The van der Waals surface area contributed by atoms with E-state index < -0.39 is 5.97 Å². The smallest absolute Gasteiger partial charge is 0.328 e. The van der Waals surface area contributed by atoms with Gasteiger partial charge in [-0.3, -0.25) is 15.2 Å². The summed E-state index contributed by atoms with van der Waals surface area (Å²) in [5.74, 6) is -1.39. The molecular formula is C10H8N4O3S. The van der Waals surface area contributed by atoms with E-state index in [-0.39, 0.29) is 5.91 Å². The fraction of sp³-hybridized carbons (Fsp3) is 0. The van der Waals surface area contributed by atoms with Gasteiger partial charge in [0, 0.05) is 23.3 Å². The molecule has 0 saturated carbocycles. The van der Waals surface area contributed by atoms with Crippen molar-refractivity contribution in [2.75, 3.05) is 5.32 Å². The summed E-state index contributed by atoms with van der Waals surface area (Å²) in [5.41, 5.74) is 0.327. The summed E-state index contributed by atoms with van der Waals surface area (Å²) >= 11 is 1.17. The number of thiazole rings is 1. The second-order valence-corrected chi connectivity index (χ2v) is 4.23. The van der Waals surface area contributed by atoms with Crippen LogP contribution >= 0.6 is 11.3 Å². The van der Waals surface area contributed by atoms with Crippen LogP contribution < -0.4 is 5.32 Å². The summed E-state index contributed by atoms with van der Waals surface area (Å²) in [6.45, 7) is 0. The van der Waals surface area contributed by atoms with Crippen molar-refractivity contribution in [1.82, 2.24) is 15.2 Å². The molecule has 0 radical (unpaired) electrons. The second kappa shape index (κ2) is 5.23. The van der Waals surface area contributed by atoms with E-state index in [0.29, 0.717) is 15.7 Å². The lowest BCUT2D eigenvalue weighted by molar-refractivity contribution is -0.131. The molecule has 0 aliphatic heterocycles. The number of nitrogens with zero attached hydrogens (tertiary/aromatic N) is 2. The highest BCUT2D eigenvalue weighted by molar-refractivity contribution is 7.16. The van der Waals surface area contributed by atoms with Gasteiger partial charge in [0.2, 0.25) is 0 Å². The summed E-state index contributed by atoms with van der Waals surface area (Å²) < 4.78 is 0. The lowest BCUT2D eigenvalue weighted by Crippen LogP contribution is -2.11. The minimum Gasteiger partial charge on any atom is -0.478 e. The van der Waals surface area contributed by atoms with Crippen LogP contribution in [-0.4, -0.2) is 32.2 Å². The first-order chi connectivity index (χ1) is 8.65. The molecule has 0 aliphatic carbocycles. The van der Waals surface area contributed by atoms with Crippen LogP contribution in [0.1, 0.15) is 15.4 Å². The third-order valence-corrected chi connectivity index (χ3v) is 2.76. The van der Waals surface area contributed by atoms with Crippen LogP contribution in [0.25, 0.3) is 6.08 Å². The summed E-state index contributed by atoms with van der Waals surface area (Å²) in [7, 11) is 0. The predicted molar refractivity (Wildman–Crippen MR) is 65.3 cm³/mol. The number of amides is 1. The van der Waals surface area contributed by atoms with Crippen molar-refractivity contribution in [1.29, 1.82) is 0 Å². The molecule has 7 nitrogen and oxygen atoms in total. The molecule has 0 aliphatic rings. The quantitative estimate of drug-likeness (QED) is 0.719. The van der Waals surface area contributed by atoms with Gasteiger partial charge >= 0.3 is 5.97 Å². The molecule has 1 amide bonds. The molecule has 0 unspecified atom stereocenters. The zero-order valence-corrected chi connectivity index (χ0v) is 9.77. The number of nitrogens with one attached hydrogen (secondary N) is 2. The molecule has 0 aromatic carbocycles. The molecule has 8 heteroatoms. The van der Waals surface area contributed by atoms with Crippen LogP contribution in [0.5, 0.6) is 0 Å². The molecule has 0 fully saturated rings. The highest BCUT2D eigenvalue weighted by Gasteiger charge is 2.09. The molecule has 2 aromatic rings. The molecule has 0 bridgehead atoms. The summed E-state index contributed by atoms with van der Waals surface area (Å²) in [5, 5.41) is 17.6. The van der Waals surface area contributed by atoms with Crippen LogP contribution in [0.15, 0.2) is 24.5 Å². The largest absolute Gasteiger partial charge is 0.478 e. The Labute approximate surface area is 105 Å². The van der Waals surface area contributed by atoms with E-state index in [2.05, 4.69) is 20.5 Å². The maximum absolute atomic E-state index is 11.6. The first kappa shape index (κ1) is 12.0. The van der Waals surface area contributed by atoms with Crippen molar-refractivity contribution in [3.05, 3.63) is 35.1 Å². The Morgan fingerprint density at radius 3 is 3.00 bits per heavy atom. The van der Waals surface area contributed by atoms with Crippen LogP contribution in [0, 0.1) is 0 Å². The van der Waals surface area contributed by atoms with E-state index in [0.717, 1.165) is 6.08 Å². The fourth-order valence-electron chi connectivity index (χ4n) is 1.12. The van der Waals surface area contributed by atoms with Crippen molar-refractivity contribution in [2.24, 2.45) is 0 Å². The normalized spacial score (nSPS) is 10.7. The molecule has 0 saturated heterocycles. The molecule has 0 atom stereocenters. The van der Waals surface area contributed by atoms with Gasteiger partial charge in [-0.15, -0.1) is 0 Å². The molecule has 2 heterocycles. The Hall–Kier alpha value is -2.48. The number of aromatic nitrogens is 3. The van der Waals surface area contributed by atoms with E-state index >= 15 is 0 Å². The molecular weight excluding hydrogens is 256 g/mol. The molecule has 0 spiro atoms. The Morgan fingerprint density at radius 2 is 2.33 bits per heavy atom. The van der Waals surface area contributed by atoms with Gasteiger partial charge in [0.15, 0.2) is 5.13 Å². The van der Waals surface area contributed by atoms with Gasteiger partial charge in [-0.05, 0) is 12.1 Å². The van der Waals surface area contributed by atoms with Crippen LogP contribution in [-0.2, 0) is 4.79 Å². The monoisotopic (exact) mass is 264 g/mol. The summed E-state index contributed by atoms with van der Waals surface area (Å²) in [6.07, 6.45) is 5.37. The van der Waals surface area contributed by atoms with Crippen LogP contribution in [0.2, 0.25) is 0 Å². The van der Waals surface area contributed by atoms with Gasteiger partial charge in [0.05, 0.1) is 0 Å². The Bertz CT molecular complexity index is 588. The van der Waals surface area contributed by atoms with Crippen molar-refractivity contribution in [2.45, 2.75) is 0 Å². The van der Waals surface area contributed by atoms with Gasteiger partial charge in [-0.1, -0.05) is 11.3 Å². The van der Waals surface area contributed by atoms with Crippen molar-refractivity contribution in [3.8, 4) is 0 Å². The third-order valence-electron chi connectivity index (χ3n) is 1.88. The fourth-order valence-corrected chi connectivity index (χ4v) is 1.84. The highest BCUT2D eigenvalue weighted by atomic mass is 32.1. The standard InChI is InChI=1S/C10H8N4O3S/c15-8(16)2-1-6-5-11-10(18-6)13-9(17)7-3-4-12-14-7/h1-5H,(H,12,14)(H,15,16)(H,11,13,17). The van der Waals surface area contributed by atoms with E-state index in [1.807, 2.05) is 0 Å². The Kier molecular flexibility index (Phi) is 3.49. The number of carboxylic acid groups (broad SMARTS) is 1. The van der Waals surface area contributed by atoms with Crippen LogP contribution in [0.3, 0.4) is 0 Å². The molecule has 92 valence electrons. The van der Waals surface area contributed by atoms with Gasteiger partial charge in [-0.2, -0.15) is 5.10 Å². The number of anilines is 1. The number of rotatable bonds is 4. The molecule has 18 heavy (non-hydrogen) atoms. The lowest BCUT2D eigenvalue weighted by atomic mass is 10.4. The van der Waals surface area contributed by atoms with Crippen LogP contribution in [0.4, 0.5) is 5.13 Å². The number of carbonyl (C=O) groups excluding carboxylic acids is 1. The van der Waals surface area contributed by atoms with Gasteiger partial charge in [-0.25, -0.2) is 9.78 Å². The Balaban J connectivity index is 2.03. The Morgan fingerprint density at radius 1 is 1.50 bits per heavy atom. The minimum atomic E-state index is -1.04. The zero-order chi connectivity index (χ0) is 13.0. The molecule has 3 N–H and O–H groups in total. The molecule has 2 aromatic heterocycles. The first-order valence-corrected chi connectivity index (χ1v) is 5.64. The van der Waals surface area contributed by atoms with Crippen molar-refractivity contribution in [3.63, 3.8) is 0 Å². The van der Waals surface area contributed by atoms with Crippen molar-refractivity contribution < 1.29 is 14.7 Å². The number of carbonyl (C=O) groups is 2. The number of carboxylic acids is 1. The predicted octanol–water partition coefficient (Wildman–Crippen LogP) is 1.22. The van der Waals surface area contributed by atoms with Gasteiger partial charge in [0.1, 0.15) is 5.69 Å². The highest BCUT2D eigenvalue weighted by Crippen LogP contribution is 2.19. The van der Waals surface area contributed by atoms with Crippen molar-refractivity contribution >= 4 is 34.4 Å². The van der Waals surface area contributed by atoms with Gasteiger partial charge in [0.25, 0.3) is 5.91 Å². The SMILES string of the molecule is O=C(O)C=Cc1cnc(NC(=O)c2ccn[nH]2)s1. The second-order valence-electron chi connectivity index (χ2n) is 3.16. The third kappa shape index (κ3) is 3.01. The first-order valence-electron chi connectivity index (χ1n) is 4.83. The number of hydrogen-bond acceptors (Lipinski definition) is 5. The maximum atomic E-state index is 11.6. The summed E-state index contributed by atoms with van der Waals surface area (Å²) in [6, 6.07) is 1.54. The lowest BCUT2D eigenvalue weighted by Gasteiger charge is -1.96. The van der Waals surface area contributed by atoms with E-state index in [1.54, 1.807) is 0 Å². The topological polar surface area (TPSA) is 108 Å². The average molecular weight is 264 g/mol. The minimum absolute atomic E-state index is 0.327. The number of aliphatic carboxylic acids is 1. The average Bonchev–Trinajstić information content (AvgIpc) is 2.97. The summed E-state index contributed by atoms with van der Waals surface area (Å²) in [4.78, 5) is 26.5. The number of H-pyrrole nitrogens is 1. The number of hydrogen-bond donors (Lipinski definition) is 3. The van der Waals surface area contributed by atoms with E-state index in [4.69, 9.17) is 5.11 Å². The van der Waals surface area contributed by atoms with Gasteiger partial charge < -0.3 is 5.11 Å². The molecule has 2 rings (SSSR count). The number of aromatic amines is 1. The maximum Gasteiger partial charge on any atom is 0.328 e. The zero-order valence-electron chi connectivity index (χ0n) is 8.95. The van der Waals surface area contributed by atoms with E-state index in [9.17, 15) is 9.59 Å².